The summed E-state index contributed by atoms with van der Waals surface area (Å²) in [6, 6.07) is 19.5. The Morgan fingerprint density at radius 3 is 2.48 bits per heavy atom. The van der Waals surface area contributed by atoms with Crippen molar-refractivity contribution in [3.05, 3.63) is 88.9 Å². The quantitative estimate of drug-likeness (QED) is 0.326. The number of nitro groups is 1. The van der Waals surface area contributed by atoms with Crippen molar-refractivity contribution >= 4 is 22.4 Å². The van der Waals surface area contributed by atoms with Gasteiger partial charge < -0.3 is 9.64 Å². The van der Waals surface area contributed by atoms with Gasteiger partial charge in [-0.2, -0.15) is 4.98 Å². The Labute approximate surface area is 190 Å². The Morgan fingerprint density at radius 2 is 1.70 bits per heavy atom. The molecule has 9 nitrogen and oxygen atoms in total. The topological polar surface area (TPSA) is 97.5 Å². The molecular formula is C24H22N6O3. The molecule has 2 aromatic heterocycles. The number of rotatable bonds is 6. The molecule has 0 bridgehead atoms. The molecule has 0 amide bonds. The monoisotopic (exact) mass is 442 g/mol. The van der Waals surface area contributed by atoms with Gasteiger partial charge in [0.15, 0.2) is 5.75 Å². The highest BCUT2D eigenvalue weighted by atomic mass is 16.6. The normalized spacial score (nSPS) is 14.4. The molecular weight excluding hydrogens is 420 g/mol. The van der Waals surface area contributed by atoms with Crippen LogP contribution in [0.15, 0.2) is 73.2 Å². The first-order chi connectivity index (χ1) is 16.2. The second kappa shape index (κ2) is 9.17. The molecule has 0 unspecified atom stereocenters. The number of nitrogens with zero attached hydrogens (tertiary/aromatic N) is 6. The molecule has 1 aliphatic rings. The average molecular weight is 442 g/mol. The van der Waals surface area contributed by atoms with Crippen LogP contribution in [0.25, 0.3) is 10.9 Å². The van der Waals surface area contributed by atoms with E-state index < -0.39 is 4.92 Å². The fourth-order valence-corrected chi connectivity index (χ4v) is 4.04. The maximum absolute atomic E-state index is 12.0. The number of aromatic nitrogens is 3. The van der Waals surface area contributed by atoms with E-state index in [1.54, 1.807) is 12.3 Å². The highest BCUT2D eigenvalue weighted by molar-refractivity contribution is 5.84. The van der Waals surface area contributed by atoms with Crippen molar-refractivity contribution in [2.75, 3.05) is 31.1 Å². The molecule has 166 valence electrons. The van der Waals surface area contributed by atoms with Crippen LogP contribution in [0.5, 0.6) is 11.6 Å². The van der Waals surface area contributed by atoms with Crippen molar-refractivity contribution in [3.63, 3.8) is 0 Å². The molecule has 3 heterocycles. The summed E-state index contributed by atoms with van der Waals surface area (Å²) in [6.45, 7) is 3.65. The summed E-state index contributed by atoms with van der Waals surface area (Å²) in [5, 5.41) is 12.9. The van der Waals surface area contributed by atoms with E-state index in [1.165, 1.54) is 11.9 Å². The van der Waals surface area contributed by atoms with E-state index in [-0.39, 0.29) is 17.4 Å². The van der Waals surface area contributed by atoms with Crippen molar-refractivity contribution in [1.29, 1.82) is 0 Å². The van der Waals surface area contributed by atoms with Crippen molar-refractivity contribution < 1.29 is 9.66 Å². The van der Waals surface area contributed by atoms with Crippen molar-refractivity contribution in [1.82, 2.24) is 19.9 Å². The van der Waals surface area contributed by atoms with Crippen molar-refractivity contribution in [2.24, 2.45) is 0 Å². The van der Waals surface area contributed by atoms with Gasteiger partial charge in [0.1, 0.15) is 11.8 Å². The van der Waals surface area contributed by atoms with E-state index in [1.807, 2.05) is 47.4 Å². The molecule has 1 aliphatic heterocycles. The van der Waals surface area contributed by atoms with Gasteiger partial charge in [0.05, 0.1) is 4.92 Å². The minimum atomic E-state index is -0.473. The van der Waals surface area contributed by atoms with Gasteiger partial charge in [0.2, 0.25) is 5.82 Å². The minimum absolute atomic E-state index is 0.0881. The Balaban J connectivity index is 1.38. The number of para-hydroxylation sites is 1. The van der Waals surface area contributed by atoms with E-state index >= 15 is 0 Å². The molecule has 4 aromatic rings. The van der Waals surface area contributed by atoms with E-state index in [9.17, 15) is 10.1 Å². The summed E-state index contributed by atoms with van der Waals surface area (Å²) in [5.74, 6) is 0.598. The molecule has 0 saturated carbocycles. The average Bonchev–Trinajstić information content (AvgIpc) is 2.85. The van der Waals surface area contributed by atoms with Gasteiger partial charge in [-0.3, -0.25) is 20.0 Å². The molecule has 1 fully saturated rings. The van der Waals surface area contributed by atoms with Crippen LogP contribution in [0.1, 0.15) is 5.56 Å². The first kappa shape index (κ1) is 20.8. The number of hydrogen-bond acceptors (Lipinski definition) is 8. The lowest BCUT2D eigenvalue weighted by Crippen LogP contribution is -2.46. The number of fused-ring (bicyclic) bond motifs is 1. The molecule has 0 aliphatic carbocycles. The fraction of sp³-hybridized carbons (Fsp3) is 0.208. The third kappa shape index (κ3) is 4.44. The lowest BCUT2D eigenvalue weighted by molar-refractivity contribution is -0.385. The van der Waals surface area contributed by atoms with Crippen molar-refractivity contribution in [3.8, 4) is 11.6 Å². The van der Waals surface area contributed by atoms with Gasteiger partial charge in [0.25, 0.3) is 0 Å². The predicted octanol–water partition coefficient (Wildman–Crippen LogP) is 4.05. The summed E-state index contributed by atoms with van der Waals surface area (Å²) < 4.78 is 5.92. The standard InChI is InChI=1S/C24H22N6O3/c31-30(32)22-23(29-14-12-28(13-15-29)16-18-6-2-1-3-7-18)26-17-27-24(22)33-20-10-4-8-19-9-5-11-25-21(19)20/h1-11,17H,12-16H2. The third-order valence-corrected chi connectivity index (χ3v) is 5.68. The van der Waals surface area contributed by atoms with Crippen LogP contribution >= 0.6 is 0 Å². The lowest BCUT2D eigenvalue weighted by Gasteiger charge is -2.35. The Kier molecular flexibility index (Phi) is 5.77. The van der Waals surface area contributed by atoms with E-state index in [4.69, 9.17) is 4.74 Å². The molecule has 0 atom stereocenters. The molecule has 2 aromatic carbocycles. The van der Waals surface area contributed by atoms with Crippen LogP contribution in [-0.4, -0.2) is 51.0 Å². The summed E-state index contributed by atoms with van der Waals surface area (Å²) in [5.41, 5.74) is 1.63. The molecule has 1 saturated heterocycles. The minimum Gasteiger partial charge on any atom is -0.431 e. The predicted molar refractivity (Wildman–Crippen MR) is 124 cm³/mol. The molecule has 0 N–H and O–H groups in total. The summed E-state index contributed by atoms with van der Waals surface area (Å²) >= 11 is 0. The summed E-state index contributed by atoms with van der Waals surface area (Å²) in [4.78, 5) is 28.5. The number of anilines is 1. The Hall–Kier alpha value is -4.11. The molecule has 9 heteroatoms. The van der Waals surface area contributed by atoms with Crippen LogP contribution in [0.2, 0.25) is 0 Å². The zero-order valence-electron chi connectivity index (χ0n) is 17.9. The van der Waals surface area contributed by atoms with Gasteiger partial charge >= 0.3 is 11.6 Å². The molecule has 0 radical (unpaired) electrons. The summed E-state index contributed by atoms with van der Waals surface area (Å²) in [7, 11) is 0. The van der Waals surface area contributed by atoms with Crippen LogP contribution in [0.3, 0.4) is 0 Å². The van der Waals surface area contributed by atoms with Gasteiger partial charge in [-0.15, -0.1) is 0 Å². The second-order valence-corrected chi connectivity index (χ2v) is 7.79. The maximum atomic E-state index is 12.0. The second-order valence-electron chi connectivity index (χ2n) is 7.79. The lowest BCUT2D eigenvalue weighted by atomic mass is 10.2. The fourth-order valence-electron chi connectivity index (χ4n) is 4.04. The number of benzene rings is 2. The Bertz CT molecular complexity index is 1270. The van der Waals surface area contributed by atoms with Crippen LogP contribution in [0.4, 0.5) is 11.5 Å². The Morgan fingerprint density at radius 1 is 0.909 bits per heavy atom. The molecule has 5 rings (SSSR count). The van der Waals surface area contributed by atoms with Gasteiger partial charge in [-0.25, -0.2) is 4.98 Å². The number of ether oxygens (including phenoxy) is 1. The summed E-state index contributed by atoms with van der Waals surface area (Å²) in [6.07, 6.45) is 2.97. The third-order valence-electron chi connectivity index (χ3n) is 5.68. The first-order valence-electron chi connectivity index (χ1n) is 10.7. The smallest absolute Gasteiger partial charge is 0.373 e. The number of pyridine rings is 1. The number of hydrogen-bond donors (Lipinski definition) is 0. The van der Waals surface area contributed by atoms with Gasteiger partial charge in [-0.05, 0) is 17.7 Å². The van der Waals surface area contributed by atoms with Crippen LogP contribution in [-0.2, 0) is 6.54 Å². The SMILES string of the molecule is O=[N+]([O-])c1c(Oc2cccc3cccnc23)ncnc1N1CCN(Cc2ccccc2)CC1. The largest absolute Gasteiger partial charge is 0.431 e. The zero-order chi connectivity index (χ0) is 22.6. The van der Waals surface area contributed by atoms with Gasteiger partial charge in [0, 0.05) is 44.3 Å². The van der Waals surface area contributed by atoms with E-state index in [0.29, 0.717) is 24.4 Å². The first-order valence-corrected chi connectivity index (χ1v) is 10.7. The van der Waals surface area contributed by atoms with Gasteiger partial charge in [-0.1, -0.05) is 48.5 Å². The van der Waals surface area contributed by atoms with Crippen LogP contribution in [0, 0.1) is 10.1 Å². The van der Waals surface area contributed by atoms with E-state index in [0.717, 1.165) is 25.0 Å². The highest BCUT2D eigenvalue weighted by Gasteiger charge is 2.31. The number of piperazine rings is 1. The maximum Gasteiger partial charge on any atom is 0.373 e. The van der Waals surface area contributed by atoms with E-state index in [2.05, 4.69) is 32.0 Å². The molecule has 33 heavy (non-hydrogen) atoms. The van der Waals surface area contributed by atoms with Crippen LogP contribution < -0.4 is 9.64 Å². The zero-order valence-corrected chi connectivity index (χ0v) is 17.9. The van der Waals surface area contributed by atoms with Crippen molar-refractivity contribution in [2.45, 2.75) is 6.54 Å². The highest BCUT2D eigenvalue weighted by Crippen LogP contribution is 2.37. The molecule has 0 spiro atoms.